The maximum Gasteiger partial charge on any atom is 0.228 e. The lowest BCUT2D eigenvalue weighted by Crippen LogP contribution is -2.53. The zero-order valence-corrected chi connectivity index (χ0v) is 16.4. The van der Waals surface area contributed by atoms with E-state index < -0.39 is 5.60 Å². The average Bonchev–Trinajstić information content (AvgIpc) is 2.69. The van der Waals surface area contributed by atoms with Crippen molar-refractivity contribution in [1.29, 1.82) is 0 Å². The van der Waals surface area contributed by atoms with Crippen molar-refractivity contribution in [3.63, 3.8) is 0 Å². The third-order valence-corrected chi connectivity index (χ3v) is 6.62. The Bertz CT molecular complexity index is 575. The predicted molar refractivity (Wildman–Crippen MR) is 105 cm³/mol. The van der Waals surface area contributed by atoms with Crippen LogP contribution in [-0.2, 0) is 11.3 Å². The Kier molecular flexibility index (Phi) is 6.36. The standard InChI is InChI=1S/C22H34N2O2/c1-18(21(25)23(2)20-11-7-4-8-12-20)22(26)13-15-24(16-14-22)17-19-9-5-3-6-10-19/h3,5-6,9-10,18,20,26H,4,7-8,11-17H2,1-2H3. The van der Waals surface area contributed by atoms with Crippen molar-refractivity contribution in [2.75, 3.05) is 20.1 Å². The molecule has 0 bridgehead atoms. The maximum absolute atomic E-state index is 13.0. The lowest BCUT2D eigenvalue weighted by atomic mass is 9.79. The molecule has 1 unspecified atom stereocenters. The van der Waals surface area contributed by atoms with Crippen molar-refractivity contribution in [3.05, 3.63) is 35.9 Å². The first-order valence-electron chi connectivity index (χ1n) is 10.2. The van der Waals surface area contributed by atoms with Crippen LogP contribution >= 0.6 is 0 Å². The summed E-state index contributed by atoms with van der Waals surface area (Å²) in [4.78, 5) is 17.3. The van der Waals surface area contributed by atoms with Gasteiger partial charge in [-0.1, -0.05) is 56.5 Å². The van der Waals surface area contributed by atoms with E-state index in [9.17, 15) is 9.90 Å². The van der Waals surface area contributed by atoms with Crippen LogP contribution in [-0.4, -0.2) is 52.6 Å². The highest BCUT2D eigenvalue weighted by Gasteiger charge is 2.42. The van der Waals surface area contributed by atoms with Crippen LogP contribution in [0.3, 0.4) is 0 Å². The molecule has 2 fully saturated rings. The van der Waals surface area contributed by atoms with Crippen LogP contribution in [0, 0.1) is 5.92 Å². The molecule has 2 aliphatic rings. The van der Waals surface area contributed by atoms with E-state index in [2.05, 4.69) is 29.2 Å². The predicted octanol–water partition coefficient (Wildman–Crippen LogP) is 3.44. The van der Waals surface area contributed by atoms with E-state index in [0.717, 1.165) is 32.5 Å². The number of rotatable bonds is 5. The van der Waals surface area contributed by atoms with E-state index in [4.69, 9.17) is 0 Å². The van der Waals surface area contributed by atoms with Gasteiger partial charge < -0.3 is 10.0 Å². The SMILES string of the molecule is CC(C(=O)N(C)C1CCCCC1)C1(O)CCN(Cc2ccccc2)CC1. The lowest BCUT2D eigenvalue weighted by Gasteiger charge is -2.43. The summed E-state index contributed by atoms with van der Waals surface area (Å²) in [5, 5.41) is 11.2. The van der Waals surface area contributed by atoms with Crippen LogP contribution in [0.4, 0.5) is 0 Å². The molecular weight excluding hydrogens is 324 g/mol. The number of amides is 1. The van der Waals surface area contributed by atoms with Gasteiger partial charge >= 0.3 is 0 Å². The molecule has 0 radical (unpaired) electrons. The Labute approximate surface area is 158 Å². The normalized spacial score (nSPS) is 22.7. The van der Waals surface area contributed by atoms with Crippen molar-refractivity contribution >= 4 is 5.91 Å². The molecule has 1 aliphatic heterocycles. The molecule has 1 saturated heterocycles. The first-order valence-corrected chi connectivity index (χ1v) is 10.2. The summed E-state index contributed by atoms with van der Waals surface area (Å²) < 4.78 is 0. The second kappa shape index (κ2) is 8.53. The van der Waals surface area contributed by atoms with E-state index in [1.54, 1.807) is 0 Å². The fourth-order valence-electron chi connectivity index (χ4n) is 4.56. The minimum atomic E-state index is -0.868. The molecule has 4 heteroatoms. The Balaban J connectivity index is 1.54. The number of benzene rings is 1. The van der Waals surface area contributed by atoms with Gasteiger partial charge in [0.2, 0.25) is 5.91 Å². The van der Waals surface area contributed by atoms with E-state index in [1.807, 2.05) is 24.9 Å². The molecule has 3 rings (SSSR count). The molecule has 4 nitrogen and oxygen atoms in total. The van der Waals surface area contributed by atoms with Crippen LogP contribution in [0.2, 0.25) is 0 Å². The van der Waals surface area contributed by atoms with Gasteiger partial charge in [0.15, 0.2) is 0 Å². The number of hydrogen-bond donors (Lipinski definition) is 1. The third-order valence-electron chi connectivity index (χ3n) is 6.62. The maximum atomic E-state index is 13.0. The summed E-state index contributed by atoms with van der Waals surface area (Å²) in [5.74, 6) is -0.204. The number of hydrogen-bond acceptors (Lipinski definition) is 3. The third kappa shape index (κ3) is 4.47. The van der Waals surface area contributed by atoms with Crippen molar-refractivity contribution in [2.45, 2.75) is 70.1 Å². The van der Waals surface area contributed by atoms with Gasteiger partial charge in [-0.25, -0.2) is 0 Å². The first kappa shape index (κ1) is 19.4. The molecule has 1 aliphatic carbocycles. The highest BCUT2D eigenvalue weighted by Crippen LogP contribution is 2.33. The Morgan fingerprint density at radius 2 is 1.81 bits per heavy atom. The summed E-state index contributed by atoms with van der Waals surface area (Å²) in [6.45, 7) is 4.53. The summed E-state index contributed by atoms with van der Waals surface area (Å²) in [5.41, 5.74) is 0.437. The molecule has 1 atom stereocenters. The number of likely N-dealkylation sites (tertiary alicyclic amines) is 1. The van der Waals surface area contributed by atoms with Crippen LogP contribution in [0.1, 0.15) is 57.4 Å². The smallest absolute Gasteiger partial charge is 0.228 e. The number of aliphatic hydroxyl groups is 1. The second-order valence-corrected chi connectivity index (χ2v) is 8.33. The van der Waals surface area contributed by atoms with Gasteiger partial charge in [-0.05, 0) is 31.2 Å². The monoisotopic (exact) mass is 358 g/mol. The summed E-state index contributed by atoms with van der Waals surface area (Å²) >= 11 is 0. The Morgan fingerprint density at radius 1 is 1.19 bits per heavy atom. The molecule has 1 aromatic rings. The molecule has 1 N–H and O–H groups in total. The van der Waals surface area contributed by atoms with Crippen molar-refractivity contribution in [3.8, 4) is 0 Å². The van der Waals surface area contributed by atoms with Gasteiger partial charge in [-0.3, -0.25) is 9.69 Å². The van der Waals surface area contributed by atoms with Crippen LogP contribution in [0.15, 0.2) is 30.3 Å². The van der Waals surface area contributed by atoms with Gasteiger partial charge in [0.25, 0.3) is 0 Å². The van der Waals surface area contributed by atoms with Crippen LogP contribution < -0.4 is 0 Å². The van der Waals surface area contributed by atoms with E-state index in [0.29, 0.717) is 18.9 Å². The van der Waals surface area contributed by atoms with E-state index in [-0.39, 0.29) is 11.8 Å². The minimum absolute atomic E-state index is 0.121. The molecule has 26 heavy (non-hydrogen) atoms. The summed E-state index contributed by atoms with van der Waals surface area (Å²) in [6, 6.07) is 10.8. The van der Waals surface area contributed by atoms with Crippen molar-refractivity contribution in [1.82, 2.24) is 9.80 Å². The van der Waals surface area contributed by atoms with Gasteiger partial charge in [0, 0.05) is 32.7 Å². The highest BCUT2D eigenvalue weighted by atomic mass is 16.3. The number of carbonyl (C=O) groups is 1. The molecular formula is C22H34N2O2. The Morgan fingerprint density at radius 3 is 2.42 bits per heavy atom. The largest absolute Gasteiger partial charge is 0.389 e. The summed E-state index contributed by atoms with van der Waals surface area (Å²) in [6.07, 6.45) is 7.28. The van der Waals surface area contributed by atoms with Crippen LogP contribution in [0.25, 0.3) is 0 Å². The van der Waals surface area contributed by atoms with Crippen molar-refractivity contribution < 1.29 is 9.90 Å². The van der Waals surface area contributed by atoms with Crippen molar-refractivity contribution in [2.24, 2.45) is 5.92 Å². The molecule has 0 aromatic heterocycles. The average molecular weight is 359 g/mol. The topological polar surface area (TPSA) is 43.8 Å². The molecule has 0 spiro atoms. The fraction of sp³-hybridized carbons (Fsp3) is 0.682. The number of nitrogens with zero attached hydrogens (tertiary/aromatic N) is 2. The second-order valence-electron chi connectivity index (χ2n) is 8.33. The molecule has 144 valence electrons. The van der Waals surface area contributed by atoms with Gasteiger partial charge in [-0.15, -0.1) is 0 Å². The van der Waals surface area contributed by atoms with E-state index in [1.165, 1.54) is 24.8 Å². The van der Waals surface area contributed by atoms with E-state index >= 15 is 0 Å². The number of piperidine rings is 1. The molecule has 1 amide bonds. The van der Waals surface area contributed by atoms with Gasteiger partial charge in [0.05, 0.1) is 11.5 Å². The Hall–Kier alpha value is -1.39. The highest BCUT2D eigenvalue weighted by molar-refractivity contribution is 5.79. The van der Waals surface area contributed by atoms with Gasteiger partial charge in [-0.2, -0.15) is 0 Å². The number of carbonyl (C=O) groups excluding carboxylic acids is 1. The quantitative estimate of drug-likeness (QED) is 0.877. The molecule has 1 aromatic carbocycles. The zero-order valence-electron chi connectivity index (χ0n) is 16.4. The molecule has 1 saturated carbocycles. The lowest BCUT2D eigenvalue weighted by molar-refractivity contribution is -0.149. The fourth-order valence-corrected chi connectivity index (χ4v) is 4.56. The minimum Gasteiger partial charge on any atom is -0.389 e. The van der Waals surface area contributed by atoms with Gasteiger partial charge in [0.1, 0.15) is 0 Å². The van der Waals surface area contributed by atoms with Crippen LogP contribution in [0.5, 0.6) is 0 Å². The molecule has 1 heterocycles. The zero-order chi connectivity index (χ0) is 18.6. The first-order chi connectivity index (χ1) is 12.5. The summed E-state index contributed by atoms with van der Waals surface area (Å²) in [7, 11) is 1.93.